The topological polar surface area (TPSA) is 57.6 Å². The van der Waals surface area contributed by atoms with Crippen LogP contribution < -0.4 is 4.90 Å². The van der Waals surface area contributed by atoms with Crippen molar-refractivity contribution in [1.82, 2.24) is 0 Å². The molecule has 0 aliphatic heterocycles. The third-order valence-electron chi connectivity index (χ3n) is 1.66. The highest BCUT2D eigenvalue weighted by molar-refractivity contribution is 5.85. The molecule has 0 heterocycles. The standard InChI is InChI=1S/C9H7F2NO3/c10-6-2-1-3-7(11)9(6)12(5-13)4-8(14)15/h1-3,5H,4H2,(H,14,15). The lowest BCUT2D eigenvalue weighted by molar-refractivity contribution is -0.136. The number of carboxylic acid groups (broad SMARTS) is 1. The first-order valence-corrected chi connectivity index (χ1v) is 3.94. The Kier molecular flexibility index (Phi) is 3.33. The van der Waals surface area contributed by atoms with Crippen molar-refractivity contribution in [1.29, 1.82) is 0 Å². The number of halogens is 2. The van der Waals surface area contributed by atoms with Crippen LogP contribution in [0.4, 0.5) is 14.5 Å². The molecule has 15 heavy (non-hydrogen) atoms. The molecular formula is C9H7F2NO3. The predicted octanol–water partition coefficient (Wildman–Crippen LogP) is 1.01. The van der Waals surface area contributed by atoms with Crippen molar-refractivity contribution in [2.75, 3.05) is 11.4 Å². The number of carboxylic acids is 1. The fraction of sp³-hybridized carbons (Fsp3) is 0.111. The van der Waals surface area contributed by atoms with E-state index in [1.54, 1.807) is 0 Å². The van der Waals surface area contributed by atoms with Crippen LogP contribution in [0.2, 0.25) is 0 Å². The second-order valence-corrected chi connectivity index (χ2v) is 2.70. The Hall–Kier alpha value is -1.98. The first-order valence-electron chi connectivity index (χ1n) is 3.94. The molecule has 1 amide bonds. The molecule has 0 radical (unpaired) electrons. The molecule has 0 saturated carbocycles. The molecule has 1 aromatic rings. The number of rotatable bonds is 4. The van der Waals surface area contributed by atoms with Gasteiger partial charge in [-0.05, 0) is 12.1 Å². The average Bonchev–Trinajstić information content (AvgIpc) is 2.15. The summed E-state index contributed by atoms with van der Waals surface area (Å²) >= 11 is 0. The summed E-state index contributed by atoms with van der Waals surface area (Å²) in [6.07, 6.45) is 0.0651. The van der Waals surface area contributed by atoms with Gasteiger partial charge in [0.15, 0.2) is 0 Å². The molecule has 1 N–H and O–H groups in total. The molecular weight excluding hydrogens is 208 g/mol. The third kappa shape index (κ3) is 2.49. The van der Waals surface area contributed by atoms with Crippen LogP contribution in [0.1, 0.15) is 0 Å². The van der Waals surface area contributed by atoms with Gasteiger partial charge in [-0.25, -0.2) is 8.78 Å². The zero-order valence-corrected chi connectivity index (χ0v) is 7.48. The summed E-state index contributed by atoms with van der Waals surface area (Å²) in [7, 11) is 0. The number of carbonyl (C=O) groups is 2. The molecule has 0 bridgehead atoms. The molecule has 4 nitrogen and oxygen atoms in total. The lowest BCUT2D eigenvalue weighted by Crippen LogP contribution is -2.29. The van der Waals surface area contributed by atoms with Gasteiger partial charge in [-0.2, -0.15) is 0 Å². The average molecular weight is 215 g/mol. The van der Waals surface area contributed by atoms with E-state index in [4.69, 9.17) is 5.11 Å². The summed E-state index contributed by atoms with van der Waals surface area (Å²) in [5, 5.41) is 8.41. The van der Waals surface area contributed by atoms with E-state index >= 15 is 0 Å². The zero-order valence-electron chi connectivity index (χ0n) is 7.48. The lowest BCUT2D eigenvalue weighted by Gasteiger charge is -2.15. The SMILES string of the molecule is O=CN(CC(=O)O)c1c(F)cccc1F. The van der Waals surface area contributed by atoms with Crippen molar-refractivity contribution >= 4 is 18.1 Å². The number of hydrogen-bond donors (Lipinski definition) is 1. The predicted molar refractivity (Wildman–Crippen MR) is 47.4 cm³/mol. The second-order valence-electron chi connectivity index (χ2n) is 2.70. The molecule has 0 aromatic heterocycles. The molecule has 0 unspecified atom stereocenters. The van der Waals surface area contributed by atoms with Crippen molar-refractivity contribution < 1.29 is 23.5 Å². The summed E-state index contributed by atoms with van der Waals surface area (Å²) in [5.41, 5.74) is -0.658. The molecule has 0 saturated heterocycles. The smallest absolute Gasteiger partial charge is 0.323 e. The number of para-hydroxylation sites is 1. The van der Waals surface area contributed by atoms with E-state index in [-0.39, 0.29) is 6.41 Å². The summed E-state index contributed by atoms with van der Waals surface area (Å²) in [6, 6.07) is 3.01. The number of anilines is 1. The van der Waals surface area contributed by atoms with Crippen LogP contribution in [-0.4, -0.2) is 24.0 Å². The van der Waals surface area contributed by atoms with E-state index in [1.165, 1.54) is 0 Å². The summed E-state index contributed by atoms with van der Waals surface area (Å²) in [4.78, 5) is 21.2. The maximum atomic E-state index is 13.1. The van der Waals surface area contributed by atoms with E-state index in [9.17, 15) is 18.4 Å². The van der Waals surface area contributed by atoms with Gasteiger partial charge in [0.1, 0.15) is 23.9 Å². The Morgan fingerprint density at radius 2 is 1.93 bits per heavy atom. The van der Waals surface area contributed by atoms with E-state index in [1.807, 2.05) is 0 Å². The largest absolute Gasteiger partial charge is 0.480 e. The summed E-state index contributed by atoms with van der Waals surface area (Å²) in [5.74, 6) is -3.32. The van der Waals surface area contributed by atoms with Crippen molar-refractivity contribution in [2.24, 2.45) is 0 Å². The number of benzene rings is 1. The van der Waals surface area contributed by atoms with E-state index in [0.717, 1.165) is 18.2 Å². The first kappa shape index (κ1) is 11.1. The van der Waals surface area contributed by atoms with Crippen molar-refractivity contribution in [2.45, 2.75) is 0 Å². The van der Waals surface area contributed by atoms with Crippen molar-refractivity contribution in [3.05, 3.63) is 29.8 Å². The Labute approximate surface area is 83.7 Å². The van der Waals surface area contributed by atoms with Gasteiger partial charge in [-0.15, -0.1) is 0 Å². The maximum Gasteiger partial charge on any atom is 0.323 e. The number of hydrogen-bond acceptors (Lipinski definition) is 2. The number of amides is 1. The first-order chi connectivity index (χ1) is 7.06. The Morgan fingerprint density at radius 3 is 2.33 bits per heavy atom. The molecule has 6 heteroatoms. The van der Waals surface area contributed by atoms with Gasteiger partial charge >= 0.3 is 5.97 Å². The molecule has 0 aliphatic carbocycles. The molecule has 0 atom stereocenters. The highest BCUT2D eigenvalue weighted by Crippen LogP contribution is 2.21. The van der Waals surface area contributed by atoms with Crippen LogP contribution in [0.15, 0.2) is 18.2 Å². The van der Waals surface area contributed by atoms with Gasteiger partial charge in [-0.3, -0.25) is 14.5 Å². The van der Waals surface area contributed by atoms with E-state index in [2.05, 4.69) is 0 Å². The van der Waals surface area contributed by atoms with Crippen LogP contribution in [0.3, 0.4) is 0 Å². The minimum Gasteiger partial charge on any atom is -0.480 e. The monoisotopic (exact) mass is 215 g/mol. The van der Waals surface area contributed by atoms with Gasteiger partial charge in [0.2, 0.25) is 6.41 Å². The lowest BCUT2D eigenvalue weighted by atomic mass is 10.2. The van der Waals surface area contributed by atoms with Crippen LogP contribution >= 0.6 is 0 Å². The van der Waals surface area contributed by atoms with E-state index < -0.39 is 29.8 Å². The van der Waals surface area contributed by atoms with Crippen LogP contribution in [0.25, 0.3) is 0 Å². The Bertz CT molecular complexity index is 375. The van der Waals surface area contributed by atoms with Crippen molar-refractivity contribution in [3.63, 3.8) is 0 Å². The minimum atomic E-state index is -1.36. The number of carbonyl (C=O) groups excluding carboxylic acids is 1. The molecule has 1 rings (SSSR count). The highest BCUT2D eigenvalue weighted by Gasteiger charge is 2.17. The van der Waals surface area contributed by atoms with Crippen LogP contribution in [0.5, 0.6) is 0 Å². The van der Waals surface area contributed by atoms with Gasteiger partial charge in [0, 0.05) is 0 Å². The van der Waals surface area contributed by atoms with E-state index in [0.29, 0.717) is 4.90 Å². The minimum absolute atomic E-state index is 0.0651. The molecule has 0 aliphatic rings. The third-order valence-corrected chi connectivity index (χ3v) is 1.66. The Morgan fingerprint density at radius 1 is 1.40 bits per heavy atom. The molecule has 0 fully saturated rings. The zero-order chi connectivity index (χ0) is 11.4. The molecule has 1 aromatic carbocycles. The summed E-state index contributed by atoms with van der Waals surface area (Å²) in [6.45, 7) is -0.790. The molecule has 0 spiro atoms. The maximum absolute atomic E-state index is 13.1. The summed E-state index contributed by atoms with van der Waals surface area (Å²) < 4.78 is 26.2. The molecule has 80 valence electrons. The number of nitrogens with zero attached hydrogens (tertiary/aromatic N) is 1. The quantitative estimate of drug-likeness (QED) is 0.762. The normalized spacial score (nSPS) is 9.73. The fourth-order valence-corrected chi connectivity index (χ4v) is 1.08. The van der Waals surface area contributed by atoms with Gasteiger partial charge in [0.05, 0.1) is 0 Å². The van der Waals surface area contributed by atoms with Gasteiger partial charge < -0.3 is 5.11 Å². The Balaban J connectivity index is 3.11. The highest BCUT2D eigenvalue weighted by atomic mass is 19.1. The second kappa shape index (κ2) is 4.50. The van der Waals surface area contributed by atoms with Gasteiger partial charge in [-0.1, -0.05) is 6.07 Å². The van der Waals surface area contributed by atoms with Crippen LogP contribution in [0, 0.1) is 11.6 Å². The van der Waals surface area contributed by atoms with Crippen LogP contribution in [-0.2, 0) is 9.59 Å². The van der Waals surface area contributed by atoms with Gasteiger partial charge in [0.25, 0.3) is 0 Å². The van der Waals surface area contributed by atoms with Crippen molar-refractivity contribution in [3.8, 4) is 0 Å². The number of aliphatic carboxylic acids is 1. The fourth-order valence-electron chi connectivity index (χ4n) is 1.08.